The average Bonchev–Trinajstić information content (AvgIpc) is 2.67. The highest BCUT2D eigenvalue weighted by molar-refractivity contribution is 4.72. The van der Waals surface area contributed by atoms with E-state index in [1.54, 1.807) is 0 Å². The molecule has 2 heteroatoms. The van der Waals surface area contributed by atoms with Crippen LogP contribution >= 0.6 is 0 Å². The largest absolute Gasteiger partial charge is 0.314 e. The molecule has 1 heterocycles. The lowest BCUT2D eigenvalue weighted by atomic mass is 10.1. The standard InChI is InChI=1S/C14H30N2/c1-4-9-15-14(3)7-5-6-10-16-11-8-13(2)12-16/h13-15H,4-12H2,1-3H3. The van der Waals surface area contributed by atoms with E-state index in [9.17, 15) is 0 Å². The Bertz CT molecular complexity index is 170. The first-order chi connectivity index (χ1) is 7.72. The van der Waals surface area contributed by atoms with Gasteiger partial charge in [-0.15, -0.1) is 0 Å². The van der Waals surface area contributed by atoms with Crippen molar-refractivity contribution >= 4 is 0 Å². The van der Waals surface area contributed by atoms with E-state index in [0.717, 1.165) is 5.92 Å². The molecule has 0 saturated carbocycles. The van der Waals surface area contributed by atoms with Gasteiger partial charge < -0.3 is 10.2 Å². The third-order valence-corrected chi connectivity index (χ3v) is 3.61. The number of likely N-dealkylation sites (tertiary alicyclic amines) is 1. The first kappa shape index (κ1) is 14.0. The highest BCUT2D eigenvalue weighted by Crippen LogP contribution is 2.15. The molecule has 1 saturated heterocycles. The topological polar surface area (TPSA) is 15.3 Å². The van der Waals surface area contributed by atoms with Crippen molar-refractivity contribution in [1.82, 2.24) is 10.2 Å². The second-order valence-electron chi connectivity index (χ2n) is 5.55. The Morgan fingerprint density at radius 1 is 1.38 bits per heavy atom. The van der Waals surface area contributed by atoms with Gasteiger partial charge in [-0.25, -0.2) is 0 Å². The first-order valence-corrected chi connectivity index (χ1v) is 7.18. The molecule has 16 heavy (non-hydrogen) atoms. The molecule has 0 radical (unpaired) electrons. The van der Waals surface area contributed by atoms with E-state index < -0.39 is 0 Å². The van der Waals surface area contributed by atoms with Gasteiger partial charge in [0.15, 0.2) is 0 Å². The number of hydrogen-bond donors (Lipinski definition) is 1. The van der Waals surface area contributed by atoms with Gasteiger partial charge >= 0.3 is 0 Å². The summed E-state index contributed by atoms with van der Waals surface area (Å²) in [6, 6.07) is 0.706. The minimum atomic E-state index is 0.706. The monoisotopic (exact) mass is 226 g/mol. The number of nitrogens with zero attached hydrogens (tertiary/aromatic N) is 1. The maximum absolute atomic E-state index is 3.55. The van der Waals surface area contributed by atoms with Crippen molar-refractivity contribution in [3.8, 4) is 0 Å². The van der Waals surface area contributed by atoms with Crippen LogP contribution in [0.3, 0.4) is 0 Å². The smallest absolute Gasteiger partial charge is 0.00387 e. The van der Waals surface area contributed by atoms with E-state index in [4.69, 9.17) is 0 Å². The van der Waals surface area contributed by atoms with Gasteiger partial charge in [-0.3, -0.25) is 0 Å². The molecule has 2 nitrogen and oxygen atoms in total. The van der Waals surface area contributed by atoms with Crippen LogP contribution in [0, 0.1) is 5.92 Å². The highest BCUT2D eigenvalue weighted by Gasteiger charge is 2.17. The van der Waals surface area contributed by atoms with Gasteiger partial charge in [0, 0.05) is 12.6 Å². The molecule has 0 aliphatic carbocycles. The highest BCUT2D eigenvalue weighted by atomic mass is 15.1. The van der Waals surface area contributed by atoms with E-state index in [1.807, 2.05) is 0 Å². The van der Waals surface area contributed by atoms with Crippen LogP contribution in [0.5, 0.6) is 0 Å². The van der Waals surface area contributed by atoms with Crippen molar-refractivity contribution in [3.05, 3.63) is 0 Å². The maximum atomic E-state index is 3.55. The zero-order valence-electron chi connectivity index (χ0n) is 11.5. The van der Waals surface area contributed by atoms with Crippen molar-refractivity contribution in [3.63, 3.8) is 0 Å². The van der Waals surface area contributed by atoms with Gasteiger partial charge in [-0.05, 0) is 58.2 Å². The number of hydrogen-bond acceptors (Lipinski definition) is 2. The summed E-state index contributed by atoms with van der Waals surface area (Å²) in [6.45, 7) is 12.1. The molecule has 96 valence electrons. The molecule has 1 aliphatic heterocycles. The van der Waals surface area contributed by atoms with Crippen LogP contribution in [0.15, 0.2) is 0 Å². The number of rotatable bonds is 8. The third kappa shape index (κ3) is 5.86. The predicted octanol–water partition coefficient (Wildman–Crippen LogP) is 2.89. The Morgan fingerprint density at radius 2 is 2.19 bits per heavy atom. The third-order valence-electron chi connectivity index (χ3n) is 3.61. The molecule has 1 fully saturated rings. The fraction of sp³-hybridized carbons (Fsp3) is 1.00. The molecule has 0 bridgehead atoms. The van der Waals surface area contributed by atoms with Gasteiger partial charge in [-0.2, -0.15) is 0 Å². The minimum Gasteiger partial charge on any atom is -0.314 e. The van der Waals surface area contributed by atoms with Gasteiger partial charge in [0.2, 0.25) is 0 Å². The van der Waals surface area contributed by atoms with E-state index in [-0.39, 0.29) is 0 Å². The van der Waals surface area contributed by atoms with Crippen LogP contribution < -0.4 is 5.32 Å². The molecule has 1 rings (SSSR count). The molecular weight excluding hydrogens is 196 g/mol. The summed E-state index contributed by atoms with van der Waals surface area (Å²) in [5.74, 6) is 0.935. The zero-order valence-corrected chi connectivity index (χ0v) is 11.5. The summed E-state index contributed by atoms with van der Waals surface area (Å²) in [4.78, 5) is 2.63. The second-order valence-corrected chi connectivity index (χ2v) is 5.55. The van der Waals surface area contributed by atoms with Crippen molar-refractivity contribution < 1.29 is 0 Å². The molecule has 2 unspecified atom stereocenters. The van der Waals surface area contributed by atoms with Crippen molar-refractivity contribution in [2.24, 2.45) is 5.92 Å². The van der Waals surface area contributed by atoms with E-state index >= 15 is 0 Å². The minimum absolute atomic E-state index is 0.706. The van der Waals surface area contributed by atoms with E-state index in [1.165, 1.54) is 58.3 Å². The fourth-order valence-corrected chi connectivity index (χ4v) is 2.51. The SMILES string of the molecule is CCCNC(C)CCCCN1CCC(C)C1. The molecule has 1 N–H and O–H groups in total. The lowest BCUT2D eigenvalue weighted by Crippen LogP contribution is -2.27. The van der Waals surface area contributed by atoms with Crippen LogP contribution in [0.25, 0.3) is 0 Å². The van der Waals surface area contributed by atoms with Gasteiger partial charge in [0.1, 0.15) is 0 Å². The van der Waals surface area contributed by atoms with E-state index in [2.05, 4.69) is 31.0 Å². The summed E-state index contributed by atoms with van der Waals surface area (Å²) in [6.07, 6.45) is 6.75. The van der Waals surface area contributed by atoms with Crippen molar-refractivity contribution in [2.45, 2.75) is 58.9 Å². The molecule has 0 aromatic carbocycles. The Morgan fingerprint density at radius 3 is 2.81 bits per heavy atom. The molecule has 0 spiro atoms. The summed E-state index contributed by atoms with van der Waals surface area (Å²) < 4.78 is 0. The Balaban J connectivity index is 1.91. The van der Waals surface area contributed by atoms with Crippen LogP contribution in [-0.2, 0) is 0 Å². The summed E-state index contributed by atoms with van der Waals surface area (Å²) in [5.41, 5.74) is 0. The molecule has 1 aliphatic rings. The van der Waals surface area contributed by atoms with Gasteiger partial charge in [0.05, 0.1) is 0 Å². The molecule has 2 atom stereocenters. The number of nitrogens with one attached hydrogen (secondary N) is 1. The van der Waals surface area contributed by atoms with Gasteiger partial charge in [0.25, 0.3) is 0 Å². The molecule has 0 aromatic rings. The fourth-order valence-electron chi connectivity index (χ4n) is 2.51. The summed E-state index contributed by atoms with van der Waals surface area (Å²) in [7, 11) is 0. The van der Waals surface area contributed by atoms with Crippen LogP contribution in [0.2, 0.25) is 0 Å². The van der Waals surface area contributed by atoms with Crippen molar-refractivity contribution in [2.75, 3.05) is 26.2 Å². The molecule has 0 aromatic heterocycles. The lowest BCUT2D eigenvalue weighted by Gasteiger charge is -2.16. The Kier molecular flexibility index (Phi) is 7.06. The Hall–Kier alpha value is -0.0800. The maximum Gasteiger partial charge on any atom is 0.00387 e. The second kappa shape index (κ2) is 8.08. The van der Waals surface area contributed by atoms with Crippen LogP contribution in [-0.4, -0.2) is 37.1 Å². The van der Waals surface area contributed by atoms with E-state index in [0.29, 0.717) is 6.04 Å². The quantitative estimate of drug-likeness (QED) is 0.640. The predicted molar refractivity (Wildman–Crippen MR) is 71.8 cm³/mol. The summed E-state index contributed by atoms with van der Waals surface area (Å²) >= 11 is 0. The van der Waals surface area contributed by atoms with Gasteiger partial charge in [-0.1, -0.05) is 20.3 Å². The first-order valence-electron chi connectivity index (χ1n) is 7.18. The Labute approximate surface area is 102 Å². The lowest BCUT2D eigenvalue weighted by molar-refractivity contribution is 0.315. The molecule has 0 amide bonds. The average molecular weight is 226 g/mol. The van der Waals surface area contributed by atoms with Crippen LogP contribution in [0.1, 0.15) is 52.9 Å². The zero-order chi connectivity index (χ0) is 11.8. The summed E-state index contributed by atoms with van der Waals surface area (Å²) in [5, 5.41) is 3.55. The normalized spacial score (nSPS) is 23.8. The molecular formula is C14H30N2. The van der Waals surface area contributed by atoms with Crippen molar-refractivity contribution in [1.29, 1.82) is 0 Å². The number of unbranched alkanes of at least 4 members (excludes halogenated alkanes) is 1. The van der Waals surface area contributed by atoms with Crippen LogP contribution in [0.4, 0.5) is 0 Å².